The summed E-state index contributed by atoms with van der Waals surface area (Å²) in [5.74, 6) is -0.728. The molecule has 2 fully saturated rings. The molecule has 5 nitrogen and oxygen atoms in total. The number of nitrogens with zero attached hydrogens (tertiary/aromatic N) is 2. The molecule has 0 bridgehead atoms. The lowest BCUT2D eigenvalue weighted by Crippen LogP contribution is -2.30. The van der Waals surface area contributed by atoms with Crippen LogP contribution in [0.15, 0.2) is 48.2 Å². The molecule has 0 saturated carbocycles. The summed E-state index contributed by atoms with van der Waals surface area (Å²) in [5, 5.41) is 2.65. The summed E-state index contributed by atoms with van der Waals surface area (Å²) in [6.45, 7) is 4.27. The van der Waals surface area contributed by atoms with E-state index < -0.39 is 6.03 Å². The van der Waals surface area contributed by atoms with Crippen LogP contribution in [0.1, 0.15) is 36.0 Å². The number of hydrogen-bond acceptors (Lipinski definition) is 3. The second-order valence-electron chi connectivity index (χ2n) is 7.59. The number of carbonyl (C=O) groups excluding carboxylic acids is 2. The number of nitrogens with one attached hydrogen (secondary N) is 1. The van der Waals surface area contributed by atoms with E-state index in [2.05, 4.69) is 22.3 Å². The summed E-state index contributed by atoms with van der Waals surface area (Å²) in [4.78, 5) is 28.5. The highest BCUT2D eigenvalue weighted by molar-refractivity contribution is 6.14. The number of piperidine rings is 1. The Labute approximate surface area is 169 Å². The van der Waals surface area contributed by atoms with Crippen LogP contribution in [-0.2, 0) is 11.3 Å². The number of carbonyl (C=O) groups is 2. The lowest BCUT2D eigenvalue weighted by molar-refractivity contribution is -0.123. The summed E-state index contributed by atoms with van der Waals surface area (Å²) in [6, 6.07) is 11.5. The van der Waals surface area contributed by atoms with Gasteiger partial charge in [-0.3, -0.25) is 9.69 Å². The van der Waals surface area contributed by atoms with E-state index in [4.69, 9.17) is 0 Å². The topological polar surface area (TPSA) is 52.7 Å². The number of aryl methyl sites for hydroxylation is 1. The zero-order valence-corrected chi connectivity index (χ0v) is 16.5. The Kier molecular flexibility index (Phi) is 5.34. The van der Waals surface area contributed by atoms with E-state index in [1.165, 1.54) is 37.1 Å². The molecule has 1 N–H and O–H groups in total. The molecule has 2 aliphatic heterocycles. The summed E-state index contributed by atoms with van der Waals surface area (Å²) in [5.41, 5.74) is 4.10. The van der Waals surface area contributed by atoms with Crippen molar-refractivity contribution in [3.05, 3.63) is 70.7 Å². The molecule has 2 aromatic carbocycles. The zero-order valence-electron chi connectivity index (χ0n) is 16.5. The minimum atomic E-state index is -0.465. The molecular formula is C23H24FN3O2. The molecule has 0 aromatic heterocycles. The van der Waals surface area contributed by atoms with Crippen molar-refractivity contribution < 1.29 is 14.0 Å². The fraction of sp³-hybridized carbons (Fsp3) is 0.304. The standard InChI is InChI=1S/C23H24FN3O2/c1-16-13-20(26-11-3-2-4-12-26)10-7-18(16)14-21-22(28)27(23(29)25-21)15-17-5-8-19(24)9-6-17/h5-10,13-14H,2-4,11-12,15H2,1H3,(H,25,29)/b21-14+. The molecule has 2 aromatic rings. The number of halogens is 1. The first-order valence-corrected chi connectivity index (χ1v) is 9.96. The second-order valence-corrected chi connectivity index (χ2v) is 7.59. The van der Waals surface area contributed by atoms with E-state index in [9.17, 15) is 14.0 Å². The molecular weight excluding hydrogens is 369 g/mol. The third-order valence-corrected chi connectivity index (χ3v) is 5.49. The highest BCUT2D eigenvalue weighted by Gasteiger charge is 2.33. The first-order chi connectivity index (χ1) is 14.0. The SMILES string of the molecule is Cc1cc(N2CCCCC2)ccc1/C=C1/NC(=O)N(Cc2ccc(F)cc2)C1=O. The molecule has 4 rings (SSSR count). The summed E-state index contributed by atoms with van der Waals surface area (Å²) < 4.78 is 13.1. The molecule has 0 aliphatic carbocycles. The van der Waals surface area contributed by atoms with Crippen LogP contribution in [-0.4, -0.2) is 29.9 Å². The molecule has 2 aliphatic rings. The third-order valence-electron chi connectivity index (χ3n) is 5.49. The fourth-order valence-corrected chi connectivity index (χ4v) is 3.81. The number of urea groups is 1. The smallest absolute Gasteiger partial charge is 0.329 e. The Hall–Kier alpha value is -3.15. The average Bonchev–Trinajstić information content (AvgIpc) is 2.99. The molecule has 0 unspecified atom stereocenters. The molecule has 0 spiro atoms. The summed E-state index contributed by atoms with van der Waals surface area (Å²) >= 11 is 0. The van der Waals surface area contributed by atoms with Crippen molar-refractivity contribution in [3.8, 4) is 0 Å². The molecule has 29 heavy (non-hydrogen) atoms. The monoisotopic (exact) mass is 393 g/mol. The number of hydrogen-bond donors (Lipinski definition) is 1. The molecule has 2 heterocycles. The number of amides is 3. The number of anilines is 1. The Balaban J connectivity index is 1.51. The van der Waals surface area contributed by atoms with Crippen LogP contribution in [0.5, 0.6) is 0 Å². The minimum Gasteiger partial charge on any atom is -0.372 e. The maximum atomic E-state index is 13.1. The van der Waals surface area contributed by atoms with Crippen LogP contribution in [0.2, 0.25) is 0 Å². The molecule has 0 atom stereocenters. The molecule has 2 saturated heterocycles. The number of rotatable bonds is 4. The van der Waals surface area contributed by atoms with Gasteiger partial charge in [-0.1, -0.05) is 18.2 Å². The van der Waals surface area contributed by atoms with Gasteiger partial charge in [0.15, 0.2) is 0 Å². The summed E-state index contributed by atoms with van der Waals surface area (Å²) in [6.07, 6.45) is 5.45. The van der Waals surface area contributed by atoms with Crippen molar-refractivity contribution >= 4 is 23.7 Å². The van der Waals surface area contributed by atoms with Crippen LogP contribution in [0.25, 0.3) is 6.08 Å². The lowest BCUT2D eigenvalue weighted by atomic mass is 10.0. The molecule has 150 valence electrons. The Morgan fingerprint density at radius 1 is 1.03 bits per heavy atom. The van der Waals surface area contributed by atoms with E-state index in [0.29, 0.717) is 5.56 Å². The Morgan fingerprint density at radius 2 is 1.76 bits per heavy atom. The maximum absolute atomic E-state index is 13.1. The van der Waals surface area contributed by atoms with Gasteiger partial charge in [0.25, 0.3) is 5.91 Å². The predicted molar refractivity (Wildman–Crippen MR) is 111 cm³/mol. The van der Waals surface area contributed by atoms with Crippen LogP contribution < -0.4 is 10.2 Å². The fourth-order valence-electron chi connectivity index (χ4n) is 3.81. The van der Waals surface area contributed by atoms with Gasteiger partial charge in [0.1, 0.15) is 11.5 Å². The van der Waals surface area contributed by atoms with Gasteiger partial charge in [0.2, 0.25) is 0 Å². The minimum absolute atomic E-state index is 0.106. The van der Waals surface area contributed by atoms with Gasteiger partial charge >= 0.3 is 6.03 Å². The van der Waals surface area contributed by atoms with E-state index >= 15 is 0 Å². The van der Waals surface area contributed by atoms with Gasteiger partial charge in [-0.2, -0.15) is 0 Å². The van der Waals surface area contributed by atoms with Gasteiger partial charge in [-0.25, -0.2) is 9.18 Å². The van der Waals surface area contributed by atoms with Crippen LogP contribution in [0.4, 0.5) is 14.9 Å². The van der Waals surface area contributed by atoms with Crippen molar-refractivity contribution in [2.45, 2.75) is 32.7 Å². The van der Waals surface area contributed by atoms with Gasteiger partial charge in [0.05, 0.1) is 6.54 Å². The highest BCUT2D eigenvalue weighted by atomic mass is 19.1. The Morgan fingerprint density at radius 3 is 2.45 bits per heavy atom. The van der Waals surface area contributed by atoms with Crippen molar-refractivity contribution in [3.63, 3.8) is 0 Å². The van der Waals surface area contributed by atoms with Gasteiger partial charge in [-0.15, -0.1) is 0 Å². The van der Waals surface area contributed by atoms with Gasteiger partial charge in [0, 0.05) is 18.8 Å². The molecule has 6 heteroatoms. The van der Waals surface area contributed by atoms with Crippen molar-refractivity contribution in [1.82, 2.24) is 10.2 Å². The normalized spacial score (nSPS) is 18.5. The average molecular weight is 393 g/mol. The number of imide groups is 1. The van der Waals surface area contributed by atoms with E-state index in [0.717, 1.165) is 29.1 Å². The first kappa shape index (κ1) is 19.2. The van der Waals surface area contributed by atoms with Gasteiger partial charge < -0.3 is 10.2 Å². The predicted octanol–water partition coefficient (Wildman–Crippen LogP) is 4.22. The van der Waals surface area contributed by atoms with Crippen molar-refractivity contribution in [1.29, 1.82) is 0 Å². The van der Waals surface area contributed by atoms with Crippen molar-refractivity contribution in [2.24, 2.45) is 0 Å². The lowest BCUT2D eigenvalue weighted by Gasteiger charge is -2.29. The maximum Gasteiger partial charge on any atom is 0.329 e. The summed E-state index contributed by atoms with van der Waals surface area (Å²) in [7, 11) is 0. The second kappa shape index (κ2) is 8.07. The zero-order chi connectivity index (χ0) is 20.4. The number of benzene rings is 2. The van der Waals surface area contributed by atoms with Crippen LogP contribution in [0.3, 0.4) is 0 Å². The quantitative estimate of drug-likeness (QED) is 0.625. The van der Waals surface area contributed by atoms with Gasteiger partial charge in [-0.05, 0) is 73.2 Å². The van der Waals surface area contributed by atoms with Crippen LogP contribution >= 0.6 is 0 Å². The van der Waals surface area contributed by atoms with E-state index in [1.807, 2.05) is 13.0 Å². The first-order valence-electron chi connectivity index (χ1n) is 9.96. The van der Waals surface area contributed by atoms with Crippen LogP contribution in [0, 0.1) is 12.7 Å². The highest BCUT2D eigenvalue weighted by Crippen LogP contribution is 2.25. The van der Waals surface area contributed by atoms with E-state index in [1.54, 1.807) is 18.2 Å². The van der Waals surface area contributed by atoms with E-state index in [-0.39, 0.29) is 24.0 Å². The third kappa shape index (κ3) is 4.16. The Bertz CT molecular complexity index is 963. The largest absolute Gasteiger partial charge is 0.372 e. The molecule has 0 radical (unpaired) electrons. The molecule has 3 amide bonds. The van der Waals surface area contributed by atoms with Crippen molar-refractivity contribution in [2.75, 3.05) is 18.0 Å².